The molecule has 4 rings (SSSR count). The normalized spacial score (nSPS) is 11.2. The van der Waals surface area contributed by atoms with Crippen molar-refractivity contribution in [2.24, 2.45) is 0 Å². The molecule has 0 fully saturated rings. The summed E-state index contributed by atoms with van der Waals surface area (Å²) in [6, 6.07) is 22.5. The average molecular weight is 519 g/mol. The molecule has 37 heavy (non-hydrogen) atoms. The molecular formula is C29H27ClN2O5. The molecule has 0 unspecified atom stereocenters. The summed E-state index contributed by atoms with van der Waals surface area (Å²) >= 11 is 6.15. The van der Waals surface area contributed by atoms with Gasteiger partial charge in [0.05, 0.1) is 12.0 Å². The van der Waals surface area contributed by atoms with Crippen LogP contribution in [0.3, 0.4) is 0 Å². The molecule has 0 atom stereocenters. The van der Waals surface area contributed by atoms with Crippen LogP contribution < -0.4 is 5.32 Å². The first kappa shape index (κ1) is 26.0. The van der Waals surface area contributed by atoms with Gasteiger partial charge in [-0.05, 0) is 49.1 Å². The van der Waals surface area contributed by atoms with E-state index in [-0.39, 0.29) is 6.61 Å². The van der Waals surface area contributed by atoms with Gasteiger partial charge >= 0.3 is 12.1 Å². The number of carboxylic acids is 1. The SMILES string of the molecule is Cc1noc(-c2ccc(-c3ccc(C(C)(C)C(=O)O)cc3)cc2)c1NC(=O)OCCc1ccccc1Cl. The van der Waals surface area contributed by atoms with E-state index in [9.17, 15) is 14.7 Å². The molecule has 8 heteroatoms. The van der Waals surface area contributed by atoms with Gasteiger partial charge in [-0.3, -0.25) is 10.1 Å². The van der Waals surface area contributed by atoms with Gasteiger partial charge in [-0.2, -0.15) is 0 Å². The fourth-order valence-electron chi connectivity index (χ4n) is 3.82. The lowest BCUT2D eigenvalue weighted by Crippen LogP contribution is -2.28. The first-order valence-corrected chi connectivity index (χ1v) is 12.1. The minimum atomic E-state index is -0.967. The Kier molecular flexibility index (Phi) is 7.64. The highest BCUT2D eigenvalue weighted by Gasteiger charge is 2.29. The van der Waals surface area contributed by atoms with Crippen LogP contribution in [0.4, 0.5) is 10.5 Å². The van der Waals surface area contributed by atoms with Crippen molar-refractivity contribution in [3.8, 4) is 22.5 Å². The molecule has 2 N–H and O–H groups in total. The monoisotopic (exact) mass is 518 g/mol. The Hall–Kier alpha value is -4.10. The Balaban J connectivity index is 1.43. The van der Waals surface area contributed by atoms with Gasteiger partial charge in [0.25, 0.3) is 0 Å². The van der Waals surface area contributed by atoms with E-state index in [1.165, 1.54) is 0 Å². The third-order valence-electron chi connectivity index (χ3n) is 6.27. The molecule has 0 saturated heterocycles. The molecule has 0 saturated carbocycles. The number of hydrogen-bond acceptors (Lipinski definition) is 5. The number of aromatic nitrogens is 1. The summed E-state index contributed by atoms with van der Waals surface area (Å²) in [5.41, 5.74) is 4.27. The zero-order valence-electron chi connectivity index (χ0n) is 20.7. The second-order valence-electron chi connectivity index (χ2n) is 9.16. The van der Waals surface area contributed by atoms with Gasteiger partial charge in [0.1, 0.15) is 11.4 Å². The molecule has 0 radical (unpaired) electrons. The first-order chi connectivity index (χ1) is 17.7. The fraction of sp³-hybridized carbons (Fsp3) is 0.207. The maximum absolute atomic E-state index is 12.4. The molecule has 1 heterocycles. The van der Waals surface area contributed by atoms with Crippen molar-refractivity contribution >= 4 is 29.4 Å². The van der Waals surface area contributed by atoms with E-state index in [2.05, 4.69) is 10.5 Å². The highest BCUT2D eigenvalue weighted by molar-refractivity contribution is 6.31. The lowest BCUT2D eigenvalue weighted by molar-refractivity contribution is -0.142. The van der Waals surface area contributed by atoms with Gasteiger partial charge in [-0.15, -0.1) is 0 Å². The largest absolute Gasteiger partial charge is 0.481 e. The maximum Gasteiger partial charge on any atom is 0.411 e. The lowest BCUT2D eigenvalue weighted by atomic mass is 9.84. The number of aryl methyl sites for hydroxylation is 1. The van der Waals surface area contributed by atoms with Gasteiger partial charge in [-0.25, -0.2) is 4.79 Å². The number of nitrogens with one attached hydrogen (secondary N) is 1. The van der Waals surface area contributed by atoms with E-state index in [4.69, 9.17) is 20.9 Å². The molecule has 0 spiro atoms. The number of benzene rings is 3. The Morgan fingerprint density at radius 1 is 0.973 bits per heavy atom. The van der Waals surface area contributed by atoms with Crippen LogP contribution in [-0.2, 0) is 21.4 Å². The number of carbonyl (C=O) groups is 2. The number of ether oxygens (including phenoxy) is 1. The maximum atomic E-state index is 12.4. The Bertz CT molecular complexity index is 1410. The predicted molar refractivity (Wildman–Crippen MR) is 143 cm³/mol. The van der Waals surface area contributed by atoms with Crippen molar-refractivity contribution in [1.82, 2.24) is 5.16 Å². The minimum Gasteiger partial charge on any atom is -0.481 e. The summed E-state index contributed by atoms with van der Waals surface area (Å²) in [6.45, 7) is 5.27. The zero-order chi connectivity index (χ0) is 26.6. The standard InChI is InChI=1S/C29H27ClN2O5/c1-18-25(31-28(35)36-17-16-21-6-4-5-7-24(21)30)26(37-32-18)22-10-8-19(9-11-22)20-12-14-23(15-13-20)29(2,3)27(33)34/h4-15H,16-17H2,1-3H3,(H,31,35)(H,33,34). The topological polar surface area (TPSA) is 102 Å². The molecule has 3 aromatic carbocycles. The number of nitrogens with zero attached hydrogens (tertiary/aromatic N) is 1. The molecule has 0 aliphatic heterocycles. The summed E-state index contributed by atoms with van der Waals surface area (Å²) < 4.78 is 10.8. The van der Waals surface area contributed by atoms with Crippen LogP contribution in [0.15, 0.2) is 77.3 Å². The molecule has 1 amide bonds. The molecular weight excluding hydrogens is 492 g/mol. The molecule has 0 bridgehead atoms. The number of amides is 1. The summed E-state index contributed by atoms with van der Waals surface area (Å²) in [6.07, 6.45) is -0.112. The zero-order valence-corrected chi connectivity index (χ0v) is 21.5. The number of aliphatic carboxylic acids is 1. The quantitative estimate of drug-likeness (QED) is 0.257. The number of carbonyl (C=O) groups excluding carboxylic acids is 1. The second kappa shape index (κ2) is 10.9. The van der Waals surface area contributed by atoms with Crippen molar-refractivity contribution in [3.63, 3.8) is 0 Å². The number of carboxylic acid groups (broad SMARTS) is 1. The van der Waals surface area contributed by atoms with E-state index in [0.29, 0.717) is 28.6 Å². The Morgan fingerprint density at radius 2 is 1.57 bits per heavy atom. The van der Waals surface area contributed by atoms with Crippen LogP contribution in [-0.4, -0.2) is 28.9 Å². The third-order valence-corrected chi connectivity index (χ3v) is 6.64. The predicted octanol–water partition coefficient (Wildman–Crippen LogP) is 7.12. The molecule has 7 nitrogen and oxygen atoms in total. The summed E-state index contributed by atoms with van der Waals surface area (Å²) in [7, 11) is 0. The average Bonchev–Trinajstić information content (AvgIpc) is 3.25. The molecule has 190 valence electrons. The smallest absolute Gasteiger partial charge is 0.411 e. The highest BCUT2D eigenvalue weighted by atomic mass is 35.5. The Labute approximate surface area is 220 Å². The summed E-state index contributed by atoms with van der Waals surface area (Å²) in [5, 5.41) is 16.8. The van der Waals surface area contributed by atoms with Crippen LogP contribution in [0.2, 0.25) is 5.02 Å². The van der Waals surface area contributed by atoms with Crippen LogP contribution >= 0.6 is 11.6 Å². The molecule has 0 aliphatic carbocycles. The van der Waals surface area contributed by atoms with Crippen LogP contribution in [0.5, 0.6) is 0 Å². The van der Waals surface area contributed by atoms with Gasteiger partial charge < -0.3 is 14.4 Å². The van der Waals surface area contributed by atoms with E-state index >= 15 is 0 Å². The van der Waals surface area contributed by atoms with Crippen molar-refractivity contribution < 1.29 is 24.0 Å². The second-order valence-corrected chi connectivity index (χ2v) is 9.57. The van der Waals surface area contributed by atoms with Crippen LogP contribution in [0.1, 0.15) is 30.7 Å². The van der Waals surface area contributed by atoms with Gasteiger partial charge in [0.2, 0.25) is 0 Å². The van der Waals surface area contributed by atoms with Crippen molar-refractivity contribution in [1.29, 1.82) is 0 Å². The number of halogens is 1. The van der Waals surface area contributed by atoms with Crippen molar-refractivity contribution in [3.05, 3.63) is 94.6 Å². The molecule has 0 aliphatic rings. The van der Waals surface area contributed by atoms with E-state index < -0.39 is 17.5 Å². The fourth-order valence-corrected chi connectivity index (χ4v) is 4.05. The molecule has 4 aromatic rings. The Morgan fingerprint density at radius 3 is 2.19 bits per heavy atom. The number of anilines is 1. The first-order valence-electron chi connectivity index (χ1n) is 11.7. The number of rotatable bonds is 8. The van der Waals surface area contributed by atoms with E-state index in [1.54, 1.807) is 26.8 Å². The van der Waals surface area contributed by atoms with E-state index in [1.807, 2.05) is 66.7 Å². The van der Waals surface area contributed by atoms with Gasteiger partial charge in [0.15, 0.2) is 5.76 Å². The lowest BCUT2D eigenvalue weighted by Gasteiger charge is -2.19. The molecule has 1 aromatic heterocycles. The van der Waals surface area contributed by atoms with Crippen molar-refractivity contribution in [2.45, 2.75) is 32.6 Å². The van der Waals surface area contributed by atoms with Crippen LogP contribution in [0, 0.1) is 6.92 Å². The van der Waals surface area contributed by atoms with Crippen LogP contribution in [0.25, 0.3) is 22.5 Å². The highest BCUT2D eigenvalue weighted by Crippen LogP contribution is 2.33. The third kappa shape index (κ3) is 5.84. The minimum absolute atomic E-state index is 0.173. The van der Waals surface area contributed by atoms with Crippen molar-refractivity contribution in [2.75, 3.05) is 11.9 Å². The summed E-state index contributed by atoms with van der Waals surface area (Å²) in [4.78, 5) is 23.9. The van der Waals surface area contributed by atoms with Gasteiger partial charge in [0, 0.05) is 17.0 Å². The van der Waals surface area contributed by atoms with Gasteiger partial charge in [-0.1, -0.05) is 83.5 Å². The number of hydrogen-bond donors (Lipinski definition) is 2. The summed E-state index contributed by atoms with van der Waals surface area (Å²) in [5.74, 6) is -0.452. The van der Waals surface area contributed by atoms with E-state index in [0.717, 1.165) is 27.8 Å².